The average molecular weight is 266 g/mol. The Morgan fingerprint density at radius 1 is 0.842 bits per heavy atom. The first kappa shape index (κ1) is 13.5. The van der Waals surface area contributed by atoms with Crippen molar-refractivity contribution >= 4 is 0 Å². The molecule has 0 saturated heterocycles. The quantitative estimate of drug-likeness (QED) is 0.800. The third-order valence-corrected chi connectivity index (χ3v) is 2.91. The maximum atomic E-state index is 13.2. The van der Waals surface area contributed by atoms with Crippen LogP contribution >= 0.6 is 0 Å². The Kier molecular flexibility index (Phi) is 3.79. The molecule has 0 N–H and O–H groups in total. The fraction of sp³-hybridized carbons (Fsp3) is 0.200. The summed E-state index contributed by atoms with van der Waals surface area (Å²) in [5, 5.41) is 0. The molecule has 19 heavy (non-hydrogen) atoms. The molecule has 0 aliphatic carbocycles. The van der Waals surface area contributed by atoms with Crippen molar-refractivity contribution in [3.8, 4) is 5.75 Å². The fourth-order valence-corrected chi connectivity index (χ4v) is 2.01. The minimum atomic E-state index is -4.32. The molecule has 2 aromatic rings. The Bertz CT molecular complexity index is 517. The van der Waals surface area contributed by atoms with Gasteiger partial charge in [0.25, 0.3) is 0 Å². The molecule has 0 saturated carbocycles. The van der Waals surface area contributed by atoms with Crippen molar-refractivity contribution in [3.05, 3.63) is 65.7 Å². The predicted octanol–water partition coefficient (Wildman–Crippen LogP) is 4.39. The predicted molar refractivity (Wildman–Crippen MR) is 67.3 cm³/mol. The van der Waals surface area contributed by atoms with Gasteiger partial charge in [0.2, 0.25) is 0 Å². The van der Waals surface area contributed by atoms with Gasteiger partial charge < -0.3 is 4.74 Å². The van der Waals surface area contributed by atoms with Crippen LogP contribution in [-0.4, -0.2) is 13.3 Å². The molecule has 4 heteroatoms. The third kappa shape index (κ3) is 3.08. The second kappa shape index (κ2) is 5.34. The topological polar surface area (TPSA) is 9.23 Å². The second-order valence-corrected chi connectivity index (χ2v) is 4.16. The first-order valence-electron chi connectivity index (χ1n) is 5.78. The van der Waals surface area contributed by atoms with Crippen molar-refractivity contribution in [3.63, 3.8) is 0 Å². The van der Waals surface area contributed by atoms with Crippen molar-refractivity contribution in [1.82, 2.24) is 0 Å². The zero-order chi connectivity index (χ0) is 13.9. The van der Waals surface area contributed by atoms with Gasteiger partial charge in [-0.3, -0.25) is 0 Å². The second-order valence-electron chi connectivity index (χ2n) is 4.16. The minimum Gasteiger partial charge on any atom is -0.497 e. The normalized spacial score (nSPS) is 13.1. The van der Waals surface area contributed by atoms with Gasteiger partial charge >= 0.3 is 6.18 Å². The smallest absolute Gasteiger partial charge is 0.399 e. The van der Waals surface area contributed by atoms with Crippen molar-refractivity contribution in [1.29, 1.82) is 0 Å². The van der Waals surface area contributed by atoms with Gasteiger partial charge in [-0.2, -0.15) is 13.2 Å². The Labute approximate surface area is 109 Å². The maximum Gasteiger partial charge on any atom is 0.399 e. The number of alkyl halides is 3. The molecule has 0 amide bonds. The number of halogens is 3. The summed E-state index contributed by atoms with van der Waals surface area (Å²) in [6, 6.07) is 13.9. The van der Waals surface area contributed by atoms with E-state index in [1.807, 2.05) is 0 Å². The summed E-state index contributed by atoms with van der Waals surface area (Å²) in [5.41, 5.74) is 0.444. The van der Waals surface area contributed by atoms with Crippen LogP contribution in [-0.2, 0) is 0 Å². The molecular formula is C15H13F3O. The lowest BCUT2D eigenvalue weighted by atomic mass is 9.91. The molecule has 1 nitrogen and oxygen atoms in total. The zero-order valence-electron chi connectivity index (χ0n) is 10.3. The number of benzene rings is 2. The molecule has 2 rings (SSSR count). The molecule has 0 aliphatic rings. The molecule has 0 fully saturated rings. The van der Waals surface area contributed by atoms with E-state index in [-0.39, 0.29) is 11.1 Å². The SMILES string of the molecule is COc1ccc(C(c2ccccc2)C(F)(F)F)cc1. The van der Waals surface area contributed by atoms with E-state index >= 15 is 0 Å². The summed E-state index contributed by atoms with van der Waals surface area (Å²) in [6.07, 6.45) is -4.32. The van der Waals surface area contributed by atoms with Gasteiger partial charge in [-0.15, -0.1) is 0 Å². The highest BCUT2D eigenvalue weighted by atomic mass is 19.4. The first-order valence-corrected chi connectivity index (χ1v) is 5.78. The van der Waals surface area contributed by atoms with Gasteiger partial charge in [-0.05, 0) is 23.3 Å². The standard InChI is InChI=1S/C15H13F3O/c1-19-13-9-7-12(8-10-13)14(15(16,17)18)11-5-3-2-4-6-11/h2-10,14H,1H3. The highest BCUT2D eigenvalue weighted by molar-refractivity contribution is 5.37. The summed E-state index contributed by atoms with van der Waals surface area (Å²) < 4.78 is 44.7. The molecule has 2 aromatic carbocycles. The number of ether oxygens (including phenoxy) is 1. The van der Waals surface area contributed by atoms with Crippen molar-refractivity contribution in [2.24, 2.45) is 0 Å². The monoisotopic (exact) mass is 266 g/mol. The van der Waals surface area contributed by atoms with Gasteiger partial charge in [0.05, 0.1) is 7.11 Å². The lowest BCUT2D eigenvalue weighted by Crippen LogP contribution is -2.21. The molecular weight excluding hydrogens is 253 g/mol. The average Bonchev–Trinajstić information content (AvgIpc) is 2.39. The molecule has 0 radical (unpaired) electrons. The highest BCUT2D eigenvalue weighted by Crippen LogP contribution is 2.40. The van der Waals surface area contributed by atoms with E-state index in [4.69, 9.17) is 4.74 Å². The summed E-state index contributed by atoms with van der Waals surface area (Å²) in [7, 11) is 1.48. The fourth-order valence-electron chi connectivity index (χ4n) is 2.01. The molecule has 1 atom stereocenters. The third-order valence-electron chi connectivity index (χ3n) is 2.91. The van der Waals surface area contributed by atoms with E-state index in [1.54, 1.807) is 18.2 Å². The Morgan fingerprint density at radius 3 is 1.84 bits per heavy atom. The molecule has 0 spiro atoms. The summed E-state index contributed by atoms with van der Waals surface area (Å²) in [4.78, 5) is 0. The first-order chi connectivity index (χ1) is 9.02. The van der Waals surface area contributed by atoms with Gasteiger partial charge in [-0.25, -0.2) is 0 Å². The lowest BCUT2D eigenvalue weighted by molar-refractivity contribution is -0.141. The van der Waals surface area contributed by atoms with Crippen LogP contribution in [0.1, 0.15) is 17.0 Å². The zero-order valence-corrected chi connectivity index (χ0v) is 10.3. The maximum absolute atomic E-state index is 13.2. The number of hydrogen-bond donors (Lipinski definition) is 0. The van der Waals surface area contributed by atoms with Gasteiger partial charge in [0.1, 0.15) is 11.7 Å². The molecule has 0 aromatic heterocycles. The van der Waals surface area contributed by atoms with Gasteiger partial charge in [0.15, 0.2) is 0 Å². The molecule has 0 heterocycles. The van der Waals surface area contributed by atoms with Gasteiger partial charge in [-0.1, -0.05) is 42.5 Å². The summed E-state index contributed by atoms with van der Waals surface area (Å²) in [5.74, 6) is -1.07. The van der Waals surface area contributed by atoms with E-state index in [9.17, 15) is 13.2 Å². The van der Waals surface area contributed by atoms with Crippen LogP contribution in [0.5, 0.6) is 5.75 Å². The summed E-state index contributed by atoms with van der Waals surface area (Å²) in [6.45, 7) is 0. The summed E-state index contributed by atoms with van der Waals surface area (Å²) >= 11 is 0. The van der Waals surface area contributed by atoms with Crippen LogP contribution in [0.2, 0.25) is 0 Å². The molecule has 1 unspecified atom stereocenters. The number of methoxy groups -OCH3 is 1. The van der Waals surface area contributed by atoms with Crippen molar-refractivity contribution in [2.45, 2.75) is 12.1 Å². The Balaban J connectivity index is 2.43. The number of hydrogen-bond acceptors (Lipinski definition) is 1. The van der Waals surface area contributed by atoms with Crippen LogP contribution < -0.4 is 4.74 Å². The van der Waals surface area contributed by atoms with Crippen LogP contribution in [0, 0.1) is 0 Å². The Hall–Kier alpha value is -1.97. The van der Waals surface area contributed by atoms with E-state index in [0.717, 1.165) is 0 Å². The highest BCUT2D eigenvalue weighted by Gasteiger charge is 2.41. The molecule has 0 bridgehead atoms. The Morgan fingerprint density at radius 2 is 1.37 bits per heavy atom. The number of rotatable bonds is 3. The van der Waals surface area contributed by atoms with Crippen LogP contribution in [0.15, 0.2) is 54.6 Å². The van der Waals surface area contributed by atoms with Crippen LogP contribution in [0.25, 0.3) is 0 Å². The minimum absolute atomic E-state index is 0.208. The van der Waals surface area contributed by atoms with Crippen LogP contribution in [0.4, 0.5) is 13.2 Å². The molecule has 100 valence electrons. The van der Waals surface area contributed by atoms with Crippen molar-refractivity contribution < 1.29 is 17.9 Å². The lowest BCUT2D eigenvalue weighted by Gasteiger charge is -2.21. The van der Waals surface area contributed by atoms with E-state index in [2.05, 4.69) is 0 Å². The van der Waals surface area contributed by atoms with Gasteiger partial charge in [0, 0.05) is 0 Å². The van der Waals surface area contributed by atoms with Crippen molar-refractivity contribution in [2.75, 3.05) is 7.11 Å². The van der Waals surface area contributed by atoms with E-state index in [0.29, 0.717) is 5.75 Å². The van der Waals surface area contributed by atoms with E-state index in [1.165, 1.54) is 43.5 Å². The largest absolute Gasteiger partial charge is 0.497 e. The van der Waals surface area contributed by atoms with E-state index < -0.39 is 12.1 Å². The molecule has 0 aliphatic heterocycles. The van der Waals surface area contributed by atoms with Crippen LogP contribution in [0.3, 0.4) is 0 Å².